The Morgan fingerprint density at radius 1 is 1.26 bits per heavy atom. The molecule has 0 aliphatic carbocycles. The van der Waals surface area contributed by atoms with Gasteiger partial charge in [0.1, 0.15) is 11.9 Å². The van der Waals surface area contributed by atoms with E-state index in [0.29, 0.717) is 11.1 Å². The van der Waals surface area contributed by atoms with E-state index in [4.69, 9.17) is 16.6 Å². The van der Waals surface area contributed by atoms with Gasteiger partial charge in [-0.15, -0.1) is 0 Å². The predicted octanol–water partition coefficient (Wildman–Crippen LogP) is 3.40. The summed E-state index contributed by atoms with van der Waals surface area (Å²) in [5.74, 6) is 1.11. The number of rotatable bonds is 1. The van der Waals surface area contributed by atoms with E-state index in [0.717, 1.165) is 48.2 Å². The molecule has 23 heavy (non-hydrogen) atoms. The van der Waals surface area contributed by atoms with Gasteiger partial charge in [-0.3, -0.25) is 4.79 Å². The molecule has 2 atom stereocenters. The second kappa shape index (κ2) is 5.38. The molecule has 0 unspecified atom stereocenters. The number of halogens is 1. The Labute approximate surface area is 141 Å². The molecule has 2 fully saturated rings. The summed E-state index contributed by atoms with van der Waals surface area (Å²) in [6.07, 6.45) is 2.20. The average Bonchev–Trinajstić information content (AvgIpc) is 2.99. The summed E-state index contributed by atoms with van der Waals surface area (Å²) in [5.41, 5.74) is 2.05. The standard InChI is InChI=1S/C18H20ClN3O/c1-11-8-17(20-16-9-13(19)5-6-15(11)16)22-10-14-4-3-7-21(14)18(23)12(22)2/h5-6,8-9,12,14H,3-4,7,10H2,1-2H3/t12-,14-/m1/s1. The van der Waals surface area contributed by atoms with Gasteiger partial charge in [0.25, 0.3) is 0 Å². The molecule has 1 aromatic heterocycles. The molecule has 4 rings (SSSR count). The number of aromatic nitrogens is 1. The number of amides is 1. The van der Waals surface area contributed by atoms with Gasteiger partial charge in [0.15, 0.2) is 0 Å². The molecule has 2 saturated heterocycles. The molecule has 0 spiro atoms. The largest absolute Gasteiger partial charge is 0.343 e. The van der Waals surface area contributed by atoms with Gasteiger partial charge in [0, 0.05) is 29.5 Å². The third-order valence-electron chi connectivity index (χ3n) is 5.15. The number of carbonyl (C=O) groups is 1. The van der Waals surface area contributed by atoms with E-state index in [9.17, 15) is 4.79 Å². The monoisotopic (exact) mass is 329 g/mol. The van der Waals surface area contributed by atoms with Crippen molar-refractivity contribution in [2.75, 3.05) is 18.0 Å². The highest BCUT2D eigenvalue weighted by Crippen LogP contribution is 2.31. The maximum atomic E-state index is 12.6. The quantitative estimate of drug-likeness (QED) is 0.804. The van der Waals surface area contributed by atoms with Crippen molar-refractivity contribution in [2.24, 2.45) is 0 Å². The lowest BCUT2D eigenvalue weighted by atomic mass is 10.1. The fourth-order valence-corrected chi connectivity index (χ4v) is 4.04. The van der Waals surface area contributed by atoms with Crippen molar-refractivity contribution >= 4 is 34.2 Å². The fraction of sp³-hybridized carbons (Fsp3) is 0.444. The number of pyridine rings is 1. The molecule has 3 heterocycles. The second-order valence-electron chi connectivity index (χ2n) is 6.61. The fourth-order valence-electron chi connectivity index (χ4n) is 3.87. The van der Waals surface area contributed by atoms with Crippen LogP contribution in [-0.2, 0) is 4.79 Å². The van der Waals surface area contributed by atoms with E-state index in [1.807, 2.05) is 30.0 Å². The van der Waals surface area contributed by atoms with E-state index in [1.165, 1.54) is 0 Å². The summed E-state index contributed by atoms with van der Waals surface area (Å²) in [4.78, 5) is 21.6. The lowest BCUT2D eigenvalue weighted by Gasteiger charge is -2.42. The van der Waals surface area contributed by atoms with Gasteiger partial charge < -0.3 is 9.80 Å². The van der Waals surface area contributed by atoms with Gasteiger partial charge in [-0.2, -0.15) is 0 Å². The number of hydrogen-bond acceptors (Lipinski definition) is 3. The van der Waals surface area contributed by atoms with E-state index in [-0.39, 0.29) is 11.9 Å². The maximum absolute atomic E-state index is 12.6. The van der Waals surface area contributed by atoms with Gasteiger partial charge in [-0.25, -0.2) is 4.98 Å². The third kappa shape index (κ3) is 2.36. The molecule has 2 aliphatic rings. The minimum absolute atomic E-state index is 0.159. The van der Waals surface area contributed by atoms with E-state index in [1.54, 1.807) is 0 Å². The molecule has 0 saturated carbocycles. The van der Waals surface area contributed by atoms with Crippen molar-refractivity contribution in [3.05, 3.63) is 34.9 Å². The molecule has 120 valence electrons. The third-order valence-corrected chi connectivity index (χ3v) is 5.39. The Hall–Kier alpha value is -1.81. The molecular formula is C18H20ClN3O. The van der Waals surface area contributed by atoms with Gasteiger partial charge in [0.05, 0.1) is 5.52 Å². The smallest absolute Gasteiger partial charge is 0.245 e. The lowest BCUT2D eigenvalue weighted by molar-refractivity contribution is -0.134. The minimum Gasteiger partial charge on any atom is -0.343 e. The number of fused-ring (bicyclic) bond motifs is 2. The topological polar surface area (TPSA) is 36.4 Å². The van der Waals surface area contributed by atoms with Crippen LogP contribution in [0.15, 0.2) is 24.3 Å². The van der Waals surface area contributed by atoms with E-state index in [2.05, 4.69) is 17.9 Å². The summed E-state index contributed by atoms with van der Waals surface area (Å²) < 4.78 is 0. The Morgan fingerprint density at radius 2 is 2.09 bits per heavy atom. The van der Waals surface area contributed by atoms with Crippen LogP contribution in [0.4, 0.5) is 5.82 Å². The Bertz CT molecular complexity index is 791. The van der Waals surface area contributed by atoms with Gasteiger partial charge in [-0.05, 0) is 50.5 Å². The van der Waals surface area contributed by atoms with Crippen LogP contribution in [0.2, 0.25) is 5.02 Å². The van der Waals surface area contributed by atoms with Gasteiger partial charge >= 0.3 is 0 Å². The number of hydrogen-bond donors (Lipinski definition) is 0. The number of benzene rings is 1. The zero-order valence-electron chi connectivity index (χ0n) is 13.4. The van der Waals surface area contributed by atoms with Crippen LogP contribution in [-0.4, -0.2) is 41.0 Å². The van der Waals surface area contributed by atoms with Crippen LogP contribution in [0.25, 0.3) is 10.9 Å². The summed E-state index contributed by atoms with van der Waals surface area (Å²) in [6.45, 7) is 5.84. The first kappa shape index (κ1) is 14.8. The first-order valence-corrected chi connectivity index (χ1v) is 8.56. The highest BCUT2D eigenvalue weighted by Gasteiger charge is 2.40. The number of anilines is 1. The molecule has 0 N–H and O–H groups in total. The number of nitrogens with zero attached hydrogens (tertiary/aromatic N) is 3. The maximum Gasteiger partial charge on any atom is 0.245 e. The summed E-state index contributed by atoms with van der Waals surface area (Å²) in [6, 6.07) is 8.05. The SMILES string of the molecule is Cc1cc(N2C[C@H]3CCCN3C(=O)[C@H]2C)nc2cc(Cl)ccc12. The van der Waals surface area contributed by atoms with Crippen LogP contribution in [0.5, 0.6) is 0 Å². The van der Waals surface area contributed by atoms with Crippen molar-refractivity contribution in [3.8, 4) is 0 Å². The normalized spacial score (nSPS) is 24.4. The van der Waals surface area contributed by atoms with Crippen LogP contribution < -0.4 is 4.90 Å². The van der Waals surface area contributed by atoms with Crippen molar-refractivity contribution in [1.29, 1.82) is 0 Å². The summed E-state index contributed by atoms with van der Waals surface area (Å²) >= 11 is 6.12. The number of carbonyl (C=O) groups excluding carboxylic acids is 1. The molecule has 2 aliphatic heterocycles. The Kier molecular flexibility index (Phi) is 3.45. The van der Waals surface area contributed by atoms with Crippen LogP contribution in [0.1, 0.15) is 25.3 Å². The molecule has 5 heteroatoms. The van der Waals surface area contributed by atoms with Gasteiger partial charge in [-0.1, -0.05) is 17.7 Å². The van der Waals surface area contributed by atoms with Crippen LogP contribution in [0.3, 0.4) is 0 Å². The molecule has 1 aromatic carbocycles. The van der Waals surface area contributed by atoms with Crippen molar-refractivity contribution in [3.63, 3.8) is 0 Å². The predicted molar refractivity (Wildman–Crippen MR) is 93.0 cm³/mol. The van der Waals surface area contributed by atoms with Crippen molar-refractivity contribution < 1.29 is 4.79 Å². The van der Waals surface area contributed by atoms with Crippen LogP contribution in [0, 0.1) is 6.92 Å². The number of aryl methyl sites for hydroxylation is 1. The van der Waals surface area contributed by atoms with E-state index < -0.39 is 0 Å². The Morgan fingerprint density at radius 3 is 2.91 bits per heavy atom. The van der Waals surface area contributed by atoms with Gasteiger partial charge in [0.2, 0.25) is 5.91 Å². The molecule has 4 nitrogen and oxygen atoms in total. The molecule has 2 aromatic rings. The Balaban J connectivity index is 1.77. The second-order valence-corrected chi connectivity index (χ2v) is 7.05. The molecule has 0 bridgehead atoms. The van der Waals surface area contributed by atoms with Crippen LogP contribution >= 0.6 is 11.6 Å². The molecular weight excluding hydrogens is 310 g/mol. The number of piperazine rings is 1. The van der Waals surface area contributed by atoms with E-state index >= 15 is 0 Å². The highest BCUT2D eigenvalue weighted by molar-refractivity contribution is 6.31. The zero-order chi connectivity index (χ0) is 16.1. The lowest BCUT2D eigenvalue weighted by Crippen LogP contribution is -2.59. The molecule has 1 amide bonds. The highest BCUT2D eigenvalue weighted by atomic mass is 35.5. The summed E-state index contributed by atoms with van der Waals surface area (Å²) in [7, 11) is 0. The van der Waals surface area contributed by atoms with Crippen molar-refractivity contribution in [1.82, 2.24) is 9.88 Å². The summed E-state index contributed by atoms with van der Waals surface area (Å²) in [5, 5.41) is 1.79. The zero-order valence-corrected chi connectivity index (χ0v) is 14.2. The molecule has 0 radical (unpaired) electrons. The first-order valence-electron chi connectivity index (χ1n) is 8.18. The minimum atomic E-state index is -0.159. The van der Waals surface area contributed by atoms with Crippen molar-refractivity contribution in [2.45, 2.75) is 38.8 Å². The average molecular weight is 330 g/mol. The first-order chi connectivity index (χ1) is 11.0.